The van der Waals surface area contributed by atoms with Gasteiger partial charge in [-0.25, -0.2) is 0 Å². The van der Waals surface area contributed by atoms with E-state index in [2.05, 4.69) is 30.5 Å². The van der Waals surface area contributed by atoms with Crippen LogP contribution in [0.15, 0.2) is 29.2 Å². The molecule has 0 unspecified atom stereocenters. The second-order valence-corrected chi connectivity index (χ2v) is 5.28. The van der Waals surface area contributed by atoms with Crippen LogP contribution >= 0.6 is 11.8 Å². The Morgan fingerprint density at radius 1 is 1.40 bits per heavy atom. The maximum absolute atomic E-state index is 5.73. The van der Waals surface area contributed by atoms with Crippen molar-refractivity contribution in [3.63, 3.8) is 0 Å². The first-order valence-corrected chi connectivity index (χ1v) is 6.88. The molecule has 15 heavy (non-hydrogen) atoms. The first kappa shape index (κ1) is 11.0. The van der Waals surface area contributed by atoms with Crippen LogP contribution in [0.5, 0.6) is 0 Å². The molecular weight excluding hydrogens is 202 g/mol. The SMILES string of the molecule is CSc1cccc(C2(CCN)CCC2)c1. The highest BCUT2D eigenvalue weighted by atomic mass is 32.2. The molecule has 2 N–H and O–H groups in total. The molecule has 0 aromatic heterocycles. The summed E-state index contributed by atoms with van der Waals surface area (Å²) >= 11 is 1.82. The van der Waals surface area contributed by atoms with E-state index in [1.54, 1.807) is 0 Å². The number of nitrogens with two attached hydrogens (primary N) is 1. The molecule has 0 heterocycles. The van der Waals surface area contributed by atoms with Gasteiger partial charge in [-0.1, -0.05) is 18.6 Å². The van der Waals surface area contributed by atoms with Crippen LogP contribution in [-0.4, -0.2) is 12.8 Å². The standard InChI is InChI=1S/C13H19NS/c1-15-12-5-2-4-11(10-12)13(8-9-14)6-3-7-13/h2,4-5,10H,3,6-9,14H2,1H3. The van der Waals surface area contributed by atoms with Gasteiger partial charge in [0.2, 0.25) is 0 Å². The Labute approximate surface area is 96.4 Å². The van der Waals surface area contributed by atoms with Gasteiger partial charge < -0.3 is 5.73 Å². The summed E-state index contributed by atoms with van der Waals surface area (Å²) < 4.78 is 0. The average molecular weight is 221 g/mol. The Morgan fingerprint density at radius 3 is 2.73 bits per heavy atom. The van der Waals surface area contributed by atoms with Crippen molar-refractivity contribution in [3.05, 3.63) is 29.8 Å². The highest BCUT2D eigenvalue weighted by molar-refractivity contribution is 7.98. The van der Waals surface area contributed by atoms with E-state index in [0.29, 0.717) is 5.41 Å². The summed E-state index contributed by atoms with van der Waals surface area (Å²) in [6.45, 7) is 0.809. The first-order chi connectivity index (χ1) is 7.30. The maximum atomic E-state index is 5.73. The van der Waals surface area contributed by atoms with Crippen molar-refractivity contribution in [2.45, 2.75) is 36.0 Å². The third-order valence-electron chi connectivity index (χ3n) is 3.62. The number of hydrogen-bond acceptors (Lipinski definition) is 2. The first-order valence-electron chi connectivity index (χ1n) is 5.65. The summed E-state index contributed by atoms with van der Waals surface area (Å²) in [5, 5.41) is 0. The summed E-state index contributed by atoms with van der Waals surface area (Å²) in [5.41, 5.74) is 7.65. The molecule has 1 aromatic rings. The summed E-state index contributed by atoms with van der Waals surface area (Å²) in [7, 11) is 0. The fraction of sp³-hybridized carbons (Fsp3) is 0.538. The molecule has 0 saturated heterocycles. The molecule has 1 saturated carbocycles. The molecular formula is C13H19NS. The lowest BCUT2D eigenvalue weighted by molar-refractivity contribution is 0.229. The van der Waals surface area contributed by atoms with E-state index < -0.39 is 0 Å². The van der Waals surface area contributed by atoms with Gasteiger partial charge in [-0.2, -0.15) is 0 Å². The molecule has 1 fully saturated rings. The lowest BCUT2D eigenvalue weighted by Crippen LogP contribution is -2.36. The van der Waals surface area contributed by atoms with E-state index in [4.69, 9.17) is 5.73 Å². The predicted molar refractivity (Wildman–Crippen MR) is 67.4 cm³/mol. The fourth-order valence-corrected chi connectivity index (χ4v) is 2.98. The van der Waals surface area contributed by atoms with Crippen molar-refractivity contribution >= 4 is 11.8 Å². The number of thioether (sulfide) groups is 1. The van der Waals surface area contributed by atoms with Gasteiger partial charge in [-0.05, 0) is 55.2 Å². The molecule has 0 bridgehead atoms. The highest BCUT2D eigenvalue weighted by Crippen LogP contribution is 2.46. The molecule has 0 aliphatic heterocycles. The fourth-order valence-electron chi connectivity index (χ4n) is 2.52. The zero-order chi connectivity index (χ0) is 10.7. The molecule has 2 heteroatoms. The van der Waals surface area contributed by atoms with E-state index in [1.807, 2.05) is 11.8 Å². The molecule has 0 radical (unpaired) electrons. The van der Waals surface area contributed by atoms with Crippen LogP contribution < -0.4 is 5.73 Å². The van der Waals surface area contributed by atoms with E-state index in [-0.39, 0.29) is 0 Å². The molecule has 1 aliphatic rings. The van der Waals surface area contributed by atoms with Crippen LogP contribution in [0.3, 0.4) is 0 Å². The lowest BCUT2D eigenvalue weighted by atomic mass is 9.62. The summed E-state index contributed by atoms with van der Waals surface area (Å²) in [6, 6.07) is 8.98. The quantitative estimate of drug-likeness (QED) is 0.790. The van der Waals surface area contributed by atoms with Gasteiger partial charge in [0, 0.05) is 4.90 Å². The Morgan fingerprint density at radius 2 is 2.20 bits per heavy atom. The Balaban J connectivity index is 2.26. The van der Waals surface area contributed by atoms with Crippen molar-refractivity contribution in [1.29, 1.82) is 0 Å². The zero-order valence-electron chi connectivity index (χ0n) is 9.33. The maximum Gasteiger partial charge on any atom is 0.00720 e. The predicted octanol–water partition coefficient (Wildman–Crippen LogP) is 3.18. The minimum Gasteiger partial charge on any atom is -0.330 e. The minimum absolute atomic E-state index is 0.417. The van der Waals surface area contributed by atoms with Crippen molar-refractivity contribution < 1.29 is 0 Å². The Kier molecular flexibility index (Phi) is 3.37. The van der Waals surface area contributed by atoms with Gasteiger partial charge in [-0.15, -0.1) is 11.8 Å². The Bertz CT molecular complexity index is 331. The Hall–Kier alpha value is -0.470. The summed E-state index contributed by atoms with van der Waals surface area (Å²) in [4.78, 5) is 1.37. The van der Waals surface area contributed by atoms with Crippen molar-refractivity contribution in [2.75, 3.05) is 12.8 Å². The normalized spacial score (nSPS) is 18.5. The van der Waals surface area contributed by atoms with E-state index in [0.717, 1.165) is 13.0 Å². The van der Waals surface area contributed by atoms with Crippen molar-refractivity contribution in [3.8, 4) is 0 Å². The van der Waals surface area contributed by atoms with Crippen LogP contribution in [0.2, 0.25) is 0 Å². The lowest BCUT2D eigenvalue weighted by Gasteiger charge is -2.42. The second kappa shape index (κ2) is 4.58. The van der Waals surface area contributed by atoms with Gasteiger partial charge in [-0.3, -0.25) is 0 Å². The molecule has 82 valence electrons. The van der Waals surface area contributed by atoms with Crippen LogP contribution in [0.25, 0.3) is 0 Å². The largest absolute Gasteiger partial charge is 0.330 e. The van der Waals surface area contributed by atoms with Gasteiger partial charge in [0.1, 0.15) is 0 Å². The molecule has 0 atom stereocenters. The molecule has 1 aliphatic carbocycles. The zero-order valence-corrected chi connectivity index (χ0v) is 10.1. The van der Waals surface area contributed by atoms with Crippen molar-refractivity contribution in [2.24, 2.45) is 5.73 Å². The summed E-state index contributed by atoms with van der Waals surface area (Å²) in [5.74, 6) is 0. The molecule has 1 aromatic carbocycles. The molecule has 1 nitrogen and oxygen atoms in total. The van der Waals surface area contributed by atoms with Crippen LogP contribution in [0.1, 0.15) is 31.2 Å². The highest BCUT2D eigenvalue weighted by Gasteiger charge is 2.37. The van der Waals surface area contributed by atoms with Crippen molar-refractivity contribution in [1.82, 2.24) is 0 Å². The third-order valence-corrected chi connectivity index (χ3v) is 4.34. The van der Waals surface area contributed by atoms with Gasteiger partial charge in [0.05, 0.1) is 0 Å². The van der Waals surface area contributed by atoms with E-state index in [1.165, 1.54) is 29.7 Å². The number of rotatable bonds is 4. The molecule has 2 rings (SSSR count). The van der Waals surface area contributed by atoms with Gasteiger partial charge in [0.15, 0.2) is 0 Å². The van der Waals surface area contributed by atoms with Crippen LogP contribution in [0.4, 0.5) is 0 Å². The van der Waals surface area contributed by atoms with Gasteiger partial charge >= 0.3 is 0 Å². The smallest absolute Gasteiger partial charge is 0.00720 e. The summed E-state index contributed by atoms with van der Waals surface area (Å²) in [6.07, 6.45) is 7.29. The molecule has 0 amide bonds. The van der Waals surface area contributed by atoms with Gasteiger partial charge in [0.25, 0.3) is 0 Å². The second-order valence-electron chi connectivity index (χ2n) is 4.40. The third kappa shape index (κ3) is 2.06. The average Bonchev–Trinajstić information content (AvgIpc) is 2.23. The molecule has 0 spiro atoms. The van der Waals surface area contributed by atoms with E-state index in [9.17, 15) is 0 Å². The van der Waals surface area contributed by atoms with Crippen LogP contribution in [0, 0.1) is 0 Å². The van der Waals surface area contributed by atoms with E-state index >= 15 is 0 Å². The van der Waals surface area contributed by atoms with Crippen LogP contribution in [-0.2, 0) is 5.41 Å². The minimum atomic E-state index is 0.417. The number of benzene rings is 1. The monoisotopic (exact) mass is 221 g/mol. The topological polar surface area (TPSA) is 26.0 Å². The number of hydrogen-bond donors (Lipinski definition) is 1.